The van der Waals surface area contributed by atoms with Gasteiger partial charge in [0, 0.05) is 0 Å². The van der Waals surface area contributed by atoms with Crippen molar-refractivity contribution in [2.75, 3.05) is 0 Å². The molecule has 6 nitrogen and oxygen atoms in total. The molecule has 2 heterocycles. The Bertz CT molecular complexity index is 742. The SMILES string of the molecule is CC1=NOC(=O)C1=C/C=C/C=C/C=C/c1c(C)[nH]oc1=O. The van der Waals surface area contributed by atoms with Crippen LogP contribution in [0.5, 0.6) is 0 Å². The summed E-state index contributed by atoms with van der Waals surface area (Å²) in [7, 11) is 0. The Morgan fingerprint density at radius 2 is 1.76 bits per heavy atom. The molecule has 6 heteroatoms. The highest BCUT2D eigenvalue weighted by Crippen LogP contribution is 2.10. The second kappa shape index (κ2) is 6.51. The van der Waals surface area contributed by atoms with E-state index >= 15 is 0 Å². The number of hydrogen-bond acceptors (Lipinski definition) is 5. The molecule has 1 aromatic rings. The van der Waals surface area contributed by atoms with Crippen molar-refractivity contribution in [1.29, 1.82) is 0 Å². The lowest BCUT2D eigenvalue weighted by Gasteiger charge is -1.87. The molecule has 0 saturated carbocycles. The Kier molecular flexibility index (Phi) is 4.50. The Labute approximate surface area is 120 Å². The summed E-state index contributed by atoms with van der Waals surface area (Å²) < 4.78 is 4.64. The van der Waals surface area contributed by atoms with E-state index in [2.05, 4.69) is 19.7 Å². The first-order valence-electron chi connectivity index (χ1n) is 6.25. The number of aromatic nitrogens is 1. The van der Waals surface area contributed by atoms with Crippen molar-refractivity contribution >= 4 is 17.8 Å². The lowest BCUT2D eigenvalue weighted by Crippen LogP contribution is -2.01. The standard InChI is InChI=1S/C15H14N2O4/c1-10-12(14(18)20-16-10)8-6-4-3-5-7-9-13-11(2)17-21-15(13)19/h3-9,16H,1-2H3/b4-3+,7-5+,8-6+,13-9?. The molecule has 0 bridgehead atoms. The molecule has 108 valence electrons. The minimum Gasteiger partial charge on any atom is -0.338 e. The normalized spacial score (nSPS) is 17.5. The number of nitrogens with zero attached hydrogens (tertiary/aromatic N) is 1. The molecular formula is C15H14N2O4. The topological polar surface area (TPSA) is 84.7 Å². The molecular weight excluding hydrogens is 272 g/mol. The minimum absolute atomic E-state index is 0.396. The molecule has 0 atom stereocenters. The molecule has 0 unspecified atom stereocenters. The third kappa shape index (κ3) is 3.56. The van der Waals surface area contributed by atoms with Gasteiger partial charge in [-0.1, -0.05) is 35.5 Å². The van der Waals surface area contributed by atoms with Crippen LogP contribution < -0.4 is 5.63 Å². The van der Waals surface area contributed by atoms with Crippen molar-refractivity contribution < 1.29 is 14.2 Å². The monoisotopic (exact) mass is 286 g/mol. The number of oxime groups is 1. The van der Waals surface area contributed by atoms with E-state index in [0.29, 0.717) is 22.5 Å². The predicted molar refractivity (Wildman–Crippen MR) is 78.7 cm³/mol. The molecule has 0 fully saturated rings. The van der Waals surface area contributed by atoms with Gasteiger partial charge in [0.25, 0.3) is 0 Å². The number of rotatable bonds is 4. The van der Waals surface area contributed by atoms with Crippen LogP contribution in [0.2, 0.25) is 0 Å². The van der Waals surface area contributed by atoms with E-state index < -0.39 is 11.6 Å². The number of aromatic amines is 1. The van der Waals surface area contributed by atoms with Crippen LogP contribution >= 0.6 is 0 Å². The zero-order chi connectivity index (χ0) is 15.2. The van der Waals surface area contributed by atoms with Gasteiger partial charge in [-0.2, -0.15) is 0 Å². The molecule has 1 aliphatic heterocycles. The molecule has 0 spiro atoms. The van der Waals surface area contributed by atoms with Gasteiger partial charge in [0.2, 0.25) is 0 Å². The van der Waals surface area contributed by atoms with Crippen LogP contribution in [0.15, 0.2) is 56.5 Å². The molecule has 1 aromatic heterocycles. The number of carbonyl (C=O) groups is 1. The average molecular weight is 286 g/mol. The summed E-state index contributed by atoms with van der Waals surface area (Å²) in [6.07, 6.45) is 12.0. The highest BCUT2D eigenvalue weighted by Gasteiger charge is 2.20. The first-order valence-corrected chi connectivity index (χ1v) is 6.25. The summed E-state index contributed by atoms with van der Waals surface area (Å²) in [4.78, 5) is 27.0. The van der Waals surface area contributed by atoms with E-state index in [9.17, 15) is 9.59 Å². The fourth-order valence-electron chi connectivity index (χ4n) is 1.62. The molecule has 2 rings (SSSR count). The lowest BCUT2D eigenvalue weighted by molar-refractivity contribution is -0.136. The van der Waals surface area contributed by atoms with Crippen molar-refractivity contribution in [3.63, 3.8) is 0 Å². The molecule has 0 radical (unpaired) electrons. The molecule has 1 N–H and O–H groups in total. The molecule has 0 aromatic carbocycles. The second-order valence-corrected chi connectivity index (χ2v) is 4.29. The van der Waals surface area contributed by atoms with E-state index in [4.69, 9.17) is 0 Å². The van der Waals surface area contributed by atoms with Crippen LogP contribution in [-0.2, 0) is 9.63 Å². The van der Waals surface area contributed by atoms with E-state index in [1.54, 1.807) is 56.4 Å². The van der Waals surface area contributed by atoms with Gasteiger partial charge >= 0.3 is 11.6 Å². The van der Waals surface area contributed by atoms with E-state index in [-0.39, 0.29) is 0 Å². The molecule has 0 saturated heterocycles. The molecule has 0 amide bonds. The van der Waals surface area contributed by atoms with Crippen LogP contribution in [0.3, 0.4) is 0 Å². The van der Waals surface area contributed by atoms with Gasteiger partial charge in [0.1, 0.15) is 0 Å². The molecule has 0 aliphatic carbocycles. The average Bonchev–Trinajstić information content (AvgIpc) is 2.94. The van der Waals surface area contributed by atoms with Crippen LogP contribution in [0.4, 0.5) is 0 Å². The van der Waals surface area contributed by atoms with Gasteiger partial charge in [-0.3, -0.25) is 0 Å². The maximum absolute atomic E-state index is 11.3. The summed E-state index contributed by atoms with van der Waals surface area (Å²) in [6, 6.07) is 0. The summed E-state index contributed by atoms with van der Waals surface area (Å²) in [6.45, 7) is 3.46. The highest BCUT2D eigenvalue weighted by molar-refractivity contribution is 6.21. The Hall–Kier alpha value is -2.89. The number of carbonyl (C=O) groups excluding carboxylic acids is 1. The highest BCUT2D eigenvalue weighted by atomic mass is 16.7. The number of nitrogens with one attached hydrogen (secondary N) is 1. The van der Waals surface area contributed by atoms with Crippen molar-refractivity contribution in [1.82, 2.24) is 5.16 Å². The van der Waals surface area contributed by atoms with Crippen molar-refractivity contribution in [2.24, 2.45) is 5.16 Å². The fraction of sp³-hybridized carbons (Fsp3) is 0.133. The first-order chi connectivity index (χ1) is 10.1. The van der Waals surface area contributed by atoms with Crippen LogP contribution in [0, 0.1) is 6.92 Å². The minimum atomic E-state index is -0.448. The van der Waals surface area contributed by atoms with Crippen molar-refractivity contribution in [3.05, 3.63) is 63.7 Å². The second-order valence-electron chi connectivity index (χ2n) is 4.29. The summed E-state index contributed by atoms with van der Waals surface area (Å²) in [5.41, 5.74) is 1.77. The number of allylic oxidation sites excluding steroid dienone is 6. The van der Waals surface area contributed by atoms with Crippen molar-refractivity contribution in [2.45, 2.75) is 13.8 Å². The number of H-pyrrole nitrogens is 1. The number of aryl methyl sites for hydroxylation is 1. The smallest absolute Gasteiger partial charge is 0.338 e. The van der Waals surface area contributed by atoms with Gasteiger partial charge in [-0.15, -0.1) is 0 Å². The Balaban J connectivity index is 1.93. The fourth-order valence-corrected chi connectivity index (χ4v) is 1.62. The van der Waals surface area contributed by atoms with Gasteiger partial charge in [-0.25, -0.2) is 14.7 Å². The summed E-state index contributed by atoms with van der Waals surface area (Å²) in [5.74, 6) is -0.448. The summed E-state index contributed by atoms with van der Waals surface area (Å²) in [5, 5.41) is 6.06. The van der Waals surface area contributed by atoms with E-state index in [0.717, 1.165) is 0 Å². The summed E-state index contributed by atoms with van der Waals surface area (Å²) >= 11 is 0. The third-order valence-corrected chi connectivity index (χ3v) is 2.77. The Morgan fingerprint density at radius 1 is 1.05 bits per heavy atom. The first kappa shape index (κ1) is 14.5. The van der Waals surface area contributed by atoms with E-state index in [1.807, 2.05) is 0 Å². The van der Waals surface area contributed by atoms with E-state index in [1.165, 1.54) is 0 Å². The van der Waals surface area contributed by atoms with Crippen LogP contribution in [-0.4, -0.2) is 16.8 Å². The molecule has 1 aliphatic rings. The number of hydrogen-bond donors (Lipinski definition) is 1. The third-order valence-electron chi connectivity index (χ3n) is 2.77. The lowest BCUT2D eigenvalue weighted by atomic mass is 10.1. The van der Waals surface area contributed by atoms with Gasteiger partial charge in [0.05, 0.1) is 22.5 Å². The van der Waals surface area contributed by atoms with Crippen LogP contribution in [0.1, 0.15) is 18.2 Å². The predicted octanol–water partition coefficient (Wildman–Crippen LogP) is 2.26. The zero-order valence-electron chi connectivity index (χ0n) is 11.6. The van der Waals surface area contributed by atoms with Gasteiger partial charge in [0.15, 0.2) is 0 Å². The maximum Gasteiger partial charge on any atom is 0.367 e. The molecule has 21 heavy (non-hydrogen) atoms. The maximum atomic E-state index is 11.3. The quantitative estimate of drug-likeness (QED) is 0.522. The Morgan fingerprint density at radius 3 is 2.38 bits per heavy atom. The van der Waals surface area contributed by atoms with Gasteiger partial charge in [-0.05, 0) is 26.0 Å². The van der Waals surface area contributed by atoms with Crippen molar-refractivity contribution in [3.8, 4) is 0 Å². The van der Waals surface area contributed by atoms with Crippen LogP contribution in [0.25, 0.3) is 6.08 Å². The van der Waals surface area contributed by atoms with Gasteiger partial charge < -0.3 is 9.36 Å². The largest absolute Gasteiger partial charge is 0.367 e. The zero-order valence-corrected chi connectivity index (χ0v) is 11.6.